The lowest BCUT2D eigenvalue weighted by atomic mass is 9.92. The number of piperidine rings is 1. The SMILES string of the molecule is O=C(CNC(=O)[C@H]1CC12CCNCC2)NC1CC1. The molecule has 1 atom stereocenters. The first kappa shape index (κ1) is 12.0. The Morgan fingerprint density at radius 1 is 1.22 bits per heavy atom. The van der Waals surface area contributed by atoms with Crippen molar-refractivity contribution in [3.63, 3.8) is 0 Å². The van der Waals surface area contributed by atoms with Crippen molar-refractivity contribution >= 4 is 11.8 Å². The molecule has 0 aromatic rings. The zero-order valence-electron chi connectivity index (χ0n) is 10.6. The van der Waals surface area contributed by atoms with E-state index in [1.54, 1.807) is 0 Å². The Balaban J connectivity index is 1.40. The van der Waals surface area contributed by atoms with Crippen LogP contribution < -0.4 is 16.0 Å². The lowest BCUT2D eigenvalue weighted by Gasteiger charge is -2.23. The molecular weight excluding hydrogens is 230 g/mol. The fourth-order valence-electron chi connectivity index (χ4n) is 2.99. The summed E-state index contributed by atoms with van der Waals surface area (Å²) in [5.41, 5.74) is 0.252. The summed E-state index contributed by atoms with van der Waals surface area (Å²) in [6, 6.07) is 0.367. The van der Waals surface area contributed by atoms with Gasteiger partial charge < -0.3 is 16.0 Å². The summed E-state index contributed by atoms with van der Waals surface area (Å²) in [7, 11) is 0. The monoisotopic (exact) mass is 251 g/mol. The quantitative estimate of drug-likeness (QED) is 0.646. The van der Waals surface area contributed by atoms with Crippen LogP contribution in [0, 0.1) is 11.3 Å². The van der Waals surface area contributed by atoms with Crippen molar-refractivity contribution in [2.75, 3.05) is 19.6 Å². The lowest BCUT2D eigenvalue weighted by molar-refractivity contribution is -0.127. The molecule has 0 aromatic carbocycles. The zero-order chi connectivity index (χ0) is 12.6. The molecule has 0 radical (unpaired) electrons. The maximum Gasteiger partial charge on any atom is 0.239 e. The van der Waals surface area contributed by atoms with Crippen LogP contribution in [0.5, 0.6) is 0 Å². The van der Waals surface area contributed by atoms with Crippen LogP contribution in [0.1, 0.15) is 32.1 Å². The molecule has 1 heterocycles. The van der Waals surface area contributed by atoms with E-state index in [-0.39, 0.29) is 29.7 Å². The van der Waals surface area contributed by atoms with E-state index >= 15 is 0 Å². The van der Waals surface area contributed by atoms with Crippen LogP contribution in [0.2, 0.25) is 0 Å². The summed E-state index contributed by atoms with van der Waals surface area (Å²) in [6.07, 6.45) is 5.36. The van der Waals surface area contributed by atoms with Crippen LogP contribution in [0.4, 0.5) is 0 Å². The molecule has 18 heavy (non-hydrogen) atoms. The topological polar surface area (TPSA) is 70.2 Å². The first-order chi connectivity index (χ1) is 8.70. The van der Waals surface area contributed by atoms with Gasteiger partial charge in [0.25, 0.3) is 0 Å². The molecule has 100 valence electrons. The van der Waals surface area contributed by atoms with Gasteiger partial charge in [-0.1, -0.05) is 0 Å². The standard InChI is InChI=1S/C13H21N3O2/c17-11(16-9-1-2-9)8-15-12(18)10-7-13(10)3-5-14-6-4-13/h9-10,14H,1-8H2,(H,15,18)(H,16,17)/t10-/m1/s1. The van der Waals surface area contributed by atoms with Crippen molar-refractivity contribution in [3.8, 4) is 0 Å². The molecule has 1 aliphatic heterocycles. The average molecular weight is 251 g/mol. The largest absolute Gasteiger partial charge is 0.352 e. The van der Waals surface area contributed by atoms with Gasteiger partial charge in [-0.3, -0.25) is 9.59 Å². The molecule has 3 N–H and O–H groups in total. The van der Waals surface area contributed by atoms with E-state index in [2.05, 4.69) is 16.0 Å². The summed E-state index contributed by atoms with van der Waals surface area (Å²) in [5, 5.41) is 8.98. The summed E-state index contributed by atoms with van der Waals surface area (Å²) in [4.78, 5) is 23.4. The minimum absolute atomic E-state index is 0.0501. The number of carbonyl (C=O) groups excluding carboxylic acids is 2. The lowest BCUT2D eigenvalue weighted by Crippen LogP contribution is -2.39. The number of hydrogen-bond donors (Lipinski definition) is 3. The van der Waals surface area contributed by atoms with Gasteiger partial charge in [-0.2, -0.15) is 0 Å². The van der Waals surface area contributed by atoms with Gasteiger partial charge in [-0.25, -0.2) is 0 Å². The van der Waals surface area contributed by atoms with Crippen molar-refractivity contribution in [2.45, 2.75) is 38.1 Å². The Bertz CT molecular complexity index is 359. The van der Waals surface area contributed by atoms with Crippen LogP contribution in [-0.2, 0) is 9.59 Å². The van der Waals surface area contributed by atoms with Gasteiger partial charge in [0.1, 0.15) is 0 Å². The Morgan fingerprint density at radius 3 is 2.61 bits per heavy atom. The van der Waals surface area contributed by atoms with E-state index in [4.69, 9.17) is 0 Å². The summed E-state index contributed by atoms with van der Waals surface area (Å²) >= 11 is 0. The number of hydrogen-bond acceptors (Lipinski definition) is 3. The van der Waals surface area contributed by atoms with E-state index in [1.165, 1.54) is 0 Å². The van der Waals surface area contributed by atoms with Gasteiger partial charge in [0.15, 0.2) is 0 Å². The molecule has 5 nitrogen and oxygen atoms in total. The number of rotatable bonds is 4. The fourth-order valence-corrected chi connectivity index (χ4v) is 2.99. The van der Waals surface area contributed by atoms with Crippen LogP contribution >= 0.6 is 0 Å². The number of carbonyl (C=O) groups is 2. The molecule has 0 aromatic heterocycles. The molecule has 3 fully saturated rings. The Hall–Kier alpha value is -1.10. The zero-order valence-corrected chi connectivity index (χ0v) is 10.6. The molecule has 1 saturated heterocycles. The summed E-state index contributed by atoms with van der Waals surface area (Å²) in [6.45, 7) is 2.18. The van der Waals surface area contributed by atoms with Gasteiger partial charge in [-0.05, 0) is 50.6 Å². The molecular formula is C13H21N3O2. The highest BCUT2D eigenvalue weighted by molar-refractivity contribution is 5.88. The minimum atomic E-state index is -0.0501. The van der Waals surface area contributed by atoms with Crippen LogP contribution in [0.25, 0.3) is 0 Å². The predicted octanol–water partition coefficient (Wildman–Crippen LogP) is -0.229. The smallest absolute Gasteiger partial charge is 0.239 e. The maximum absolute atomic E-state index is 12.0. The van der Waals surface area contributed by atoms with E-state index in [9.17, 15) is 9.59 Å². The second kappa shape index (κ2) is 4.53. The number of amides is 2. The van der Waals surface area contributed by atoms with Crippen molar-refractivity contribution in [1.82, 2.24) is 16.0 Å². The van der Waals surface area contributed by atoms with E-state index in [0.717, 1.165) is 45.2 Å². The number of nitrogens with one attached hydrogen (secondary N) is 3. The fraction of sp³-hybridized carbons (Fsp3) is 0.846. The molecule has 3 rings (SSSR count). The van der Waals surface area contributed by atoms with Gasteiger partial charge in [0, 0.05) is 12.0 Å². The molecule has 3 aliphatic rings. The van der Waals surface area contributed by atoms with Crippen molar-refractivity contribution in [2.24, 2.45) is 11.3 Å². The van der Waals surface area contributed by atoms with Crippen LogP contribution in [-0.4, -0.2) is 37.5 Å². The van der Waals surface area contributed by atoms with Crippen molar-refractivity contribution < 1.29 is 9.59 Å². The second-order valence-electron chi connectivity index (χ2n) is 5.93. The van der Waals surface area contributed by atoms with Gasteiger partial charge in [0.05, 0.1) is 6.54 Å². The summed E-state index contributed by atoms with van der Waals surface area (Å²) in [5.74, 6) is 0.169. The van der Waals surface area contributed by atoms with E-state index in [0.29, 0.717) is 6.04 Å². The third-order valence-electron chi connectivity index (χ3n) is 4.47. The Kier molecular flexibility index (Phi) is 3.01. The van der Waals surface area contributed by atoms with Gasteiger partial charge in [0.2, 0.25) is 11.8 Å². The van der Waals surface area contributed by atoms with E-state index in [1.807, 2.05) is 0 Å². The van der Waals surface area contributed by atoms with Gasteiger partial charge >= 0.3 is 0 Å². The molecule has 0 bridgehead atoms. The Morgan fingerprint density at radius 2 is 1.94 bits per heavy atom. The third-order valence-corrected chi connectivity index (χ3v) is 4.47. The van der Waals surface area contributed by atoms with Crippen LogP contribution in [0.15, 0.2) is 0 Å². The maximum atomic E-state index is 12.0. The first-order valence-corrected chi connectivity index (χ1v) is 6.97. The molecule has 1 spiro atoms. The first-order valence-electron chi connectivity index (χ1n) is 6.97. The predicted molar refractivity (Wildman–Crippen MR) is 66.8 cm³/mol. The molecule has 2 saturated carbocycles. The highest BCUT2D eigenvalue weighted by Crippen LogP contribution is 2.58. The highest BCUT2D eigenvalue weighted by atomic mass is 16.2. The normalized spacial score (nSPS) is 28.8. The molecule has 5 heteroatoms. The average Bonchev–Trinajstić information content (AvgIpc) is 3.27. The van der Waals surface area contributed by atoms with Crippen molar-refractivity contribution in [3.05, 3.63) is 0 Å². The molecule has 2 aliphatic carbocycles. The minimum Gasteiger partial charge on any atom is -0.352 e. The highest BCUT2D eigenvalue weighted by Gasteiger charge is 2.57. The second-order valence-corrected chi connectivity index (χ2v) is 5.93. The third kappa shape index (κ3) is 2.51. The molecule has 0 unspecified atom stereocenters. The molecule has 2 amide bonds. The van der Waals surface area contributed by atoms with Crippen LogP contribution in [0.3, 0.4) is 0 Å². The van der Waals surface area contributed by atoms with Gasteiger partial charge in [-0.15, -0.1) is 0 Å². The summed E-state index contributed by atoms with van der Waals surface area (Å²) < 4.78 is 0. The van der Waals surface area contributed by atoms with Crippen molar-refractivity contribution in [1.29, 1.82) is 0 Å². The van der Waals surface area contributed by atoms with E-state index < -0.39 is 0 Å². The Labute approximate surface area is 107 Å².